The predicted octanol–water partition coefficient (Wildman–Crippen LogP) is -1.13. The molecule has 0 bridgehead atoms. The number of rotatable bonds is 33. The highest BCUT2D eigenvalue weighted by Crippen LogP contribution is 2.35. The number of aryl methyl sites for hydroxylation is 3. The fraction of sp³-hybridized carbons (Fsp3) is 0.519. The highest BCUT2D eigenvalue weighted by atomic mass is 32.3. The van der Waals surface area contributed by atoms with E-state index in [9.17, 15) is 94.2 Å². The van der Waals surface area contributed by atoms with E-state index in [1.807, 2.05) is 11.8 Å². The summed E-state index contributed by atoms with van der Waals surface area (Å²) in [7, 11) is -12.0. The van der Waals surface area contributed by atoms with Crippen molar-refractivity contribution < 1.29 is 94.1 Å². The molecule has 92 heavy (non-hydrogen) atoms. The summed E-state index contributed by atoms with van der Waals surface area (Å²) in [6.07, 6.45) is 4.52. The summed E-state index contributed by atoms with van der Waals surface area (Å²) in [5.74, 6) is -10.4. The number of likely N-dealkylation sites (N-methyl/N-ethyl adjacent to an activating group) is 1. The molecule has 35 nitrogen and oxygen atoms in total. The Morgan fingerprint density at radius 1 is 0.696 bits per heavy atom. The van der Waals surface area contributed by atoms with Crippen molar-refractivity contribution in [1.82, 2.24) is 65.4 Å². The molecule has 1 aliphatic heterocycles. The van der Waals surface area contributed by atoms with Crippen molar-refractivity contribution in [2.75, 3.05) is 122 Å². The number of aromatic amines is 1. The Bertz CT molecular complexity index is 3350. The maximum atomic E-state index is 13.7. The lowest BCUT2D eigenvalue weighted by molar-refractivity contribution is -0.139. The van der Waals surface area contributed by atoms with Crippen LogP contribution in [0.3, 0.4) is 0 Å². The quantitative estimate of drug-likeness (QED) is 0.0251. The average Bonchev–Trinajstić information content (AvgIpc) is 0.881. The van der Waals surface area contributed by atoms with Gasteiger partial charge in [0.2, 0.25) is 39.1 Å². The van der Waals surface area contributed by atoms with Gasteiger partial charge in [-0.15, -0.1) is 0 Å². The third-order valence-corrected chi connectivity index (χ3v) is 17.6. The van der Waals surface area contributed by atoms with Gasteiger partial charge in [-0.3, -0.25) is 57.9 Å². The lowest BCUT2D eigenvalue weighted by atomic mass is 10.1. The van der Waals surface area contributed by atoms with E-state index >= 15 is 0 Å². The zero-order valence-electron chi connectivity index (χ0n) is 51.0. The maximum absolute atomic E-state index is 13.7. The standard InChI is InChI=1S/C54H82N14O21S3/c1-5-65-14-16-67(30-46(71)72)20-18-66(19-21-68(17-15-65)31-47(73)74)29-45(70)61-42(33-91(84,85)86)52(78)62-41(32-90(81,82)83)51(77)56-11-10-55-44(69)7-6-22-89-37-23-34(2)49(35(3)24-37)92(87,88)63-40(53(79)80)27-59-50(76)39-28-64(4)43-25-36(8-9-38(43)48(39)75)26-60-54-57-12-13-58-54/h8-9,12-13,23-25,28,40-42,63,81-86H,5-7,10-11,14-22,26-27,29-33H2,1-4H3,(H,55,69)(H,56,77)(H,59,76)(H,61,70)(H,62,78)(H,71,72)(H,73,74)(H,79,80)(H2,57,58,60)/t40-,41-,42-/m0/s1. The highest BCUT2D eigenvalue weighted by molar-refractivity contribution is 8.19. The van der Waals surface area contributed by atoms with Crippen LogP contribution >= 0.6 is 21.7 Å². The zero-order valence-corrected chi connectivity index (χ0v) is 53.5. The van der Waals surface area contributed by atoms with E-state index in [1.54, 1.807) is 56.9 Å². The molecule has 38 heteroatoms. The minimum atomic E-state index is -4.57. The first-order valence-electron chi connectivity index (χ1n) is 28.8. The second-order valence-electron chi connectivity index (χ2n) is 21.7. The number of H-pyrrole nitrogens is 1. The largest absolute Gasteiger partial charge is 0.494 e. The lowest BCUT2D eigenvalue weighted by Crippen LogP contribution is -2.58. The molecule has 2 aromatic heterocycles. The first kappa shape index (κ1) is 75.2. The number of aliphatic carboxylic acids is 3. The number of carboxylic acid groups (broad SMARTS) is 3. The monoisotopic (exact) mass is 1360 g/mol. The van der Waals surface area contributed by atoms with Crippen LogP contribution in [0, 0.1) is 13.8 Å². The Morgan fingerprint density at radius 2 is 1.25 bits per heavy atom. The Kier molecular flexibility index (Phi) is 28.5. The number of benzene rings is 2. The summed E-state index contributed by atoms with van der Waals surface area (Å²) in [6, 6.07) is 1.92. The number of imidazole rings is 1. The molecule has 1 fully saturated rings. The van der Waals surface area contributed by atoms with Gasteiger partial charge in [0.05, 0.1) is 69.9 Å². The van der Waals surface area contributed by atoms with Gasteiger partial charge in [0.25, 0.3) is 5.91 Å². The molecule has 512 valence electrons. The first-order chi connectivity index (χ1) is 43.2. The summed E-state index contributed by atoms with van der Waals surface area (Å²) < 4.78 is 96.4. The molecule has 5 rings (SSSR count). The van der Waals surface area contributed by atoms with Gasteiger partial charge < -0.3 is 93.7 Å². The number of carbonyl (C=O) groups is 8. The average molecular weight is 1360 g/mol. The number of hydrogen-bond donors (Lipinski definition) is 17. The van der Waals surface area contributed by atoms with Gasteiger partial charge in [-0.2, -0.15) is 4.72 Å². The van der Waals surface area contributed by atoms with Crippen LogP contribution in [0.1, 0.15) is 46.8 Å². The van der Waals surface area contributed by atoms with Crippen LogP contribution in [0.25, 0.3) is 10.9 Å². The summed E-state index contributed by atoms with van der Waals surface area (Å²) in [6.45, 7) is 5.28. The molecule has 0 saturated carbocycles. The molecule has 3 atom stereocenters. The highest BCUT2D eigenvalue weighted by Gasteiger charge is 2.35. The SMILES string of the molecule is CCN1CCN(CC(=O)O)CCN(CC(=O)N[C@@H](CS(O)(O)O)C(=O)N[C@@H](CS(O)(O)O)C(=O)NCCNC(=O)CCCOc2cc(C)c(S(=O)(=O)N[C@@H](CNC(=O)c3cn(C)c4cc(CNc5ncc[nH]5)ccc4c3=O)C(=O)O)c(C)c2)CCN(CC(=O)O)CC1. The molecule has 17 N–H and O–H groups in total. The molecular weight excluding hydrogens is 1280 g/mol. The minimum absolute atomic E-state index is 0.0570. The summed E-state index contributed by atoms with van der Waals surface area (Å²) in [5.41, 5.74) is 0.687. The van der Waals surface area contributed by atoms with Crippen molar-refractivity contribution in [3.8, 4) is 5.75 Å². The molecule has 3 heterocycles. The van der Waals surface area contributed by atoms with Gasteiger partial charge in [0, 0.05) is 116 Å². The Balaban J connectivity index is 1.10. The predicted molar refractivity (Wildman–Crippen MR) is 337 cm³/mol. The number of carbonyl (C=O) groups excluding carboxylic acids is 5. The van der Waals surface area contributed by atoms with E-state index in [1.165, 1.54) is 32.2 Å². The van der Waals surface area contributed by atoms with Gasteiger partial charge in [-0.05, 0) is 67.8 Å². The molecule has 0 aliphatic carbocycles. The minimum Gasteiger partial charge on any atom is -0.494 e. The fourth-order valence-electron chi connectivity index (χ4n) is 9.78. The molecule has 0 spiro atoms. The van der Waals surface area contributed by atoms with Crippen molar-refractivity contribution in [2.24, 2.45) is 7.05 Å². The first-order valence-corrected chi connectivity index (χ1v) is 33.6. The van der Waals surface area contributed by atoms with Crippen molar-refractivity contribution in [3.05, 3.63) is 81.4 Å². The molecular formula is C54H82N14O21S3. The van der Waals surface area contributed by atoms with Gasteiger partial charge in [-0.1, -0.05) is 13.0 Å². The van der Waals surface area contributed by atoms with Gasteiger partial charge in [0.15, 0.2) is 5.95 Å². The van der Waals surface area contributed by atoms with E-state index in [0.717, 1.165) is 5.56 Å². The van der Waals surface area contributed by atoms with Crippen molar-refractivity contribution in [2.45, 2.75) is 63.2 Å². The van der Waals surface area contributed by atoms with E-state index in [4.69, 9.17) is 4.74 Å². The summed E-state index contributed by atoms with van der Waals surface area (Å²) in [5, 5.41) is 44.0. The van der Waals surface area contributed by atoms with Crippen LogP contribution in [-0.2, 0) is 57.2 Å². The topological polar surface area (TPSA) is 510 Å². The fourth-order valence-corrected chi connectivity index (χ4v) is 12.8. The number of nitrogens with one attached hydrogen (secondary N) is 8. The van der Waals surface area contributed by atoms with E-state index < -0.39 is 127 Å². The van der Waals surface area contributed by atoms with Gasteiger partial charge >= 0.3 is 17.9 Å². The Morgan fingerprint density at radius 3 is 1.78 bits per heavy atom. The van der Waals surface area contributed by atoms with Crippen molar-refractivity contribution in [1.29, 1.82) is 0 Å². The third kappa shape index (κ3) is 25.1. The molecule has 1 aliphatic rings. The number of aromatic nitrogens is 3. The number of carboxylic acids is 3. The van der Waals surface area contributed by atoms with Crippen LogP contribution in [0.5, 0.6) is 5.75 Å². The number of ether oxygens (including phenoxy) is 1. The normalized spacial score (nSPS) is 15.8. The number of amides is 5. The maximum Gasteiger partial charge on any atom is 0.323 e. The summed E-state index contributed by atoms with van der Waals surface area (Å²) in [4.78, 5) is 129. The van der Waals surface area contributed by atoms with E-state index in [-0.39, 0.29) is 105 Å². The molecule has 2 aromatic carbocycles. The summed E-state index contributed by atoms with van der Waals surface area (Å²) >= 11 is 0. The number of hydrogen-bond acceptors (Lipinski definition) is 24. The molecule has 0 radical (unpaired) electrons. The van der Waals surface area contributed by atoms with Crippen LogP contribution in [0.4, 0.5) is 5.95 Å². The second kappa shape index (κ2) is 34.9. The molecule has 4 aromatic rings. The third-order valence-electron chi connectivity index (χ3n) is 14.3. The zero-order chi connectivity index (χ0) is 68.1. The molecule has 5 amide bonds. The van der Waals surface area contributed by atoms with E-state index in [2.05, 4.69) is 46.6 Å². The van der Waals surface area contributed by atoms with Gasteiger partial charge in [0.1, 0.15) is 29.4 Å². The van der Waals surface area contributed by atoms with E-state index in [0.29, 0.717) is 50.7 Å². The smallest absolute Gasteiger partial charge is 0.323 e. The second-order valence-corrected chi connectivity index (χ2v) is 26.5. The number of fused-ring (bicyclic) bond motifs is 1. The number of pyridine rings is 1. The van der Waals surface area contributed by atoms with Crippen LogP contribution < -0.4 is 46.8 Å². The molecule has 0 unspecified atom stereocenters. The van der Waals surface area contributed by atoms with Crippen LogP contribution in [-0.4, -0.2) is 267 Å². The number of sulfonamides is 1. The molecule has 1 saturated heterocycles. The van der Waals surface area contributed by atoms with Crippen molar-refractivity contribution >= 4 is 96.1 Å². The van der Waals surface area contributed by atoms with Crippen LogP contribution in [0.2, 0.25) is 0 Å². The number of nitrogens with zero attached hydrogens (tertiary/aromatic N) is 6. The van der Waals surface area contributed by atoms with Crippen molar-refractivity contribution in [3.63, 3.8) is 0 Å². The Hall–Kier alpha value is -7.57. The van der Waals surface area contributed by atoms with Gasteiger partial charge in [-0.25, -0.2) is 13.4 Å². The van der Waals surface area contributed by atoms with Crippen LogP contribution in [0.15, 0.2) is 58.6 Å². The lowest BCUT2D eigenvalue weighted by Gasteiger charge is -2.33. The number of anilines is 1. The Labute approximate surface area is 532 Å².